The average molecular weight is 513 g/mol. The number of carbonyl (C=O) groups is 1. The predicted molar refractivity (Wildman–Crippen MR) is 123 cm³/mol. The number of nitrogens with zero attached hydrogens (tertiary/aromatic N) is 1. The quantitative estimate of drug-likeness (QED) is 0.359. The molecule has 1 aliphatic rings. The van der Waals surface area contributed by atoms with E-state index in [1.807, 2.05) is 12.2 Å². The van der Waals surface area contributed by atoms with Crippen LogP contribution in [0.1, 0.15) is 10.4 Å². The van der Waals surface area contributed by atoms with Crippen molar-refractivity contribution in [2.45, 2.75) is 11.4 Å². The van der Waals surface area contributed by atoms with Crippen LogP contribution in [0.2, 0.25) is 5.02 Å². The average Bonchev–Trinajstić information content (AvgIpc) is 3.08. The van der Waals surface area contributed by atoms with Crippen LogP contribution < -0.4 is 10.6 Å². The van der Waals surface area contributed by atoms with Crippen LogP contribution in [0.5, 0.6) is 0 Å². The second kappa shape index (κ2) is 8.40. The number of hydrogen-bond donors (Lipinski definition) is 3. The van der Waals surface area contributed by atoms with Gasteiger partial charge in [-0.15, -0.1) is 11.6 Å². The van der Waals surface area contributed by atoms with Crippen LogP contribution in [0.15, 0.2) is 64.1 Å². The van der Waals surface area contributed by atoms with Gasteiger partial charge in [-0.3, -0.25) is 4.79 Å². The molecule has 148 valence electrons. The molecule has 4 rings (SSSR count). The van der Waals surface area contributed by atoms with E-state index in [1.54, 1.807) is 42.5 Å². The highest BCUT2D eigenvalue weighted by Crippen LogP contribution is 2.29. The molecule has 9 heteroatoms. The molecular weight excluding hydrogens is 499 g/mol. The van der Waals surface area contributed by atoms with Gasteiger partial charge >= 0.3 is 0 Å². The van der Waals surface area contributed by atoms with Gasteiger partial charge in [0.25, 0.3) is 5.91 Å². The first-order valence-electron chi connectivity index (χ1n) is 8.61. The first-order chi connectivity index (χ1) is 13.9. The lowest BCUT2D eigenvalue weighted by Crippen LogP contribution is -2.31. The number of hydrogen-bond acceptors (Lipinski definition) is 3. The van der Waals surface area contributed by atoms with E-state index >= 15 is 0 Å². The molecule has 2 unspecified atom stereocenters. The van der Waals surface area contributed by atoms with Crippen molar-refractivity contribution < 1.29 is 4.79 Å². The Morgan fingerprint density at radius 1 is 1.21 bits per heavy atom. The highest BCUT2D eigenvalue weighted by Gasteiger charge is 2.24. The monoisotopic (exact) mass is 510 g/mol. The lowest BCUT2D eigenvalue weighted by atomic mass is 10.1. The summed E-state index contributed by atoms with van der Waals surface area (Å²) in [4.78, 5) is 20.4. The number of nitrogens with one attached hydrogen (secondary N) is 3. The first kappa shape index (κ1) is 20.3. The second-order valence-corrected chi connectivity index (χ2v) is 8.64. The second-order valence-electron chi connectivity index (χ2n) is 6.41. The van der Waals surface area contributed by atoms with Gasteiger partial charge in [0.2, 0.25) is 5.95 Å². The normalized spacial score (nSPS) is 18.6. The zero-order valence-electron chi connectivity index (χ0n) is 14.7. The molecule has 1 aliphatic carbocycles. The molecule has 0 saturated heterocycles. The number of rotatable bonds is 4. The fourth-order valence-corrected chi connectivity index (χ4v) is 4.31. The third kappa shape index (κ3) is 4.46. The fraction of sp³-hybridized carbons (Fsp3) is 0.100. The highest BCUT2D eigenvalue weighted by atomic mass is 79.9. The molecule has 5 nitrogen and oxygen atoms in total. The van der Waals surface area contributed by atoms with Gasteiger partial charge in [-0.05, 0) is 52.3 Å². The number of benzene rings is 2. The van der Waals surface area contributed by atoms with Gasteiger partial charge in [-0.25, -0.2) is 4.98 Å². The number of aromatic amines is 1. The van der Waals surface area contributed by atoms with E-state index in [1.165, 1.54) is 0 Å². The van der Waals surface area contributed by atoms with Crippen molar-refractivity contribution in [2.75, 3.05) is 10.6 Å². The van der Waals surface area contributed by atoms with Gasteiger partial charge in [0, 0.05) is 25.8 Å². The molecule has 3 aromatic rings. The molecule has 1 amide bonds. The van der Waals surface area contributed by atoms with Gasteiger partial charge in [0.1, 0.15) is 5.52 Å². The van der Waals surface area contributed by atoms with E-state index in [-0.39, 0.29) is 17.3 Å². The Morgan fingerprint density at radius 3 is 2.79 bits per heavy atom. The van der Waals surface area contributed by atoms with Gasteiger partial charge in [-0.2, -0.15) is 0 Å². The summed E-state index contributed by atoms with van der Waals surface area (Å²) in [5.41, 5.74) is 2.46. The largest absolute Gasteiger partial charge is 0.346 e. The van der Waals surface area contributed by atoms with E-state index < -0.39 is 0 Å². The van der Waals surface area contributed by atoms with Crippen molar-refractivity contribution in [2.24, 2.45) is 0 Å². The summed E-state index contributed by atoms with van der Waals surface area (Å²) in [6.07, 6.45) is 5.45. The molecule has 3 N–H and O–H groups in total. The van der Waals surface area contributed by atoms with Gasteiger partial charge in [0.05, 0.1) is 16.9 Å². The molecule has 2 aromatic carbocycles. The Hall–Kier alpha value is -1.99. The number of H-pyrrole nitrogens is 1. The van der Waals surface area contributed by atoms with Crippen molar-refractivity contribution >= 4 is 79.3 Å². The molecular formula is C20H14BrCl3N4O. The van der Waals surface area contributed by atoms with Gasteiger partial charge in [-0.1, -0.05) is 41.4 Å². The molecule has 0 aliphatic heterocycles. The van der Waals surface area contributed by atoms with Crippen LogP contribution in [0.25, 0.3) is 11.0 Å². The topological polar surface area (TPSA) is 69.8 Å². The SMILES string of the molecule is O=C(Nc1cccc(Cl)c1)c1cc(Br)c2nc(NC3C(Cl)=CC=CC3Cl)[nH]c2c1. The standard InChI is InChI=1S/C20H14BrCl3N4O/c21-13-7-10(19(29)25-12-4-1-3-11(22)9-12)8-16-17(13)27-20(26-16)28-18-14(23)5-2-6-15(18)24/h1-9,14,18H,(H,25,29)(H2,26,27,28). The summed E-state index contributed by atoms with van der Waals surface area (Å²) in [5, 5.41) is 6.87. The van der Waals surface area contributed by atoms with Crippen molar-refractivity contribution in [1.29, 1.82) is 0 Å². The summed E-state index contributed by atoms with van der Waals surface area (Å²) in [6.45, 7) is 0. The summed E-state index contributed by atoms with van der Waals surface area (Å²) in [7, 11) is 0. The Bertz CT molecular complexity index is 1160. The Balaban J connectivity index is 1.59. The van der Waals surface area contributed by atoms with Crippen LogP contribution in [0, 0.1) is 0 Å². The van der Waals surface area contributed by atoms with E-state index in [0.717, 1.165) is 0 Å². The van der Waals surface area contributed by atoms with Crippen molar-refractivity contribution in [3.05, 3.63) is 74.7 Å². The van der Waals surface area contributed by atoms with Crippen molar-refractivity contribution in [3.8, 4) is 0 Å². The summed E-state index contributed by atoms with van der Waals surface area (Å²) >= 11 is 22.1. The van der Waals surface area contributed by atoms with Crippen LogP contribution in [0.4, 0.5) is 11.6 Å². The lowest BCUT2D eigenvalue weighted by molar-refractivity contribution is 0.102. The molecule has 0 bridgehead atoms. The lowest BCUT2D eigenvalue weighted by Gasteiger charge is -2.22. The van der Waals surface area contributed by atoms with Crippen LogP contribution in [-0.4, -0.2) is 27.3 Å². The molecule has 29 heavy (non-hydrogen) atoms. The predicted octanol–water partition coefficient (Wildman–Crippen LogP) is 6.31. The molecule has 0 spiro atoms. The summed E-state index contributed by atoms with van der Waals surface area (Å²) < 4.78 is 0.683. The number of amides is 1. The maximum Gasteiger partial charge on any atom is 0.255 e. The summed E-state index contributed by atoms with van der Waals surface area (Å²) in [5.74, 6) is 0.244. The number of carbonyl (C=O) groups excluding carboxylic acids is 1. The number of alkyl halides is 1. The van der Waals surface area contributed by atoms with Gasteiger partial charge < -0.3 is 15.6 Å². The van der Waals surface area contributed by atoms with E-state index in [2.05, 4.69) is 36.5 Å². The molecule has 1 aromatic heterocycles. The maximum absolute atomic E-state index is 12.7. The molecule has 1 heterocycles. The van der Waals surface area contributed by atoms with Crippen molar-refractivity contribution in [1.82, 2.24) is 9.97 Å². The third-order valence-corrected chi connectivity index (χ3v) is 5.94. The molecule has 0 saturated carbocycles. The highest BCUT2D eigenvalue weighted by molar-refractivity contribution is 9.10. The van der Waals surface area contributed by atoms with Crippen LogP contribution in [-0.2, 0) is 0 Å². The number of aromatic nitrogens is 2. The number of allylic oxidation sites excluding steroid dienone is 2. The number of halogens is 4. The fourth-order valence-electron chi connectivity index (χ4n) is 2.96. The minimum Gasteiger partial charge on any atom is -0.346 e. The Labute approximate surface area is 190 Å². The smallest absolute Gasteiger partial charge is 0.255 e. The molecule has 0 radical (unpaired) electrons. The van der Waals surface area contributed by atoms with Crippen molar-refractivity contribution in [3.63, 3.8) is 0 Å². The van der Waals surface area contributed by atoms with Gasteiger partial charge in [0.15, 0.2) is 0 Å². The van der Waals surface area contributed by atoms with Crippen LogP contribution >= 0.6 is 50.7 Å². The van der Waals surface area contributed by atoms with E-state index in [0.29, 0.717) is 42.8 Å². The van der Waals surface area contributed by atoms with E-state index in [9.17, 15) is 4.79 Å². The first-order valence-corrected chi connectivity index (χ1v) is 10.6. The molecule has 0 fully saturated rings. The Kier molecular flexibility index (Phi) is 5.88. The summed E-state index contributed by atoms with van der Waals surface area (Å²) in [6, 6.07) is 10.1. The maximum atomic E-state index is 12.7. The minimum atomic E-state index is -0.303. The third-order valence-electron chi connectivity index (χ3n) is 4.34. The number of fused-ring (bicyclic) bond motifs is 1. The minimum absolute atomic E-state index is 0.261. The zero-order valence-corrected chi connectivity index (χ0v) is 18.6. The van der Waals surface area contributed by atoms with E-state index in [4.69, 9.17) is 34.8 Å². The zero-order chi connectivity index (χ0) is 20.5. The number of imidazole rings is 1. The van der Waals surface area contributed by atoms with Crippen LogP contribution in [0.3, 0.4) is 0 Å². The number of anilines is 2. The Morgan fingerprint density at radius 2 is 2.03 bits per heavy atom. The molecule has 2 atom stereocenters.